The molecule has 0 bridgehead atoms. The van der Waals surface area contributed by atoms with Crippen molar-refractivity contribution >= 4 is 34.1 Å². The van der Waals surface area contributed by atoms with Gasteiger partial charge in [-0.2, -0.15) is 0 Å². The molecule has 0 saturated heterocycles. The number of aromatic nitrogens is 4. The van der Waals surface area contributed by atoms with Crippen molar-refractivity contribution in [3.8, 4) is 11.5 Å². The summed E-state index contributed by atoms with van der Waals surface area (Å²) in [7, 11) is 3.18. The molecule has 7 nitrogen and oxygen atoms in total. The molecule has 3 rings (SSSR count). The first-order valence-electron chi connectivity index (χ1n) is 9.93. The lowest BCUT2D eigenvalue weighted by molar-refractivity contribution is 0.395. The van der Waals surface area contributed by atoms with Crippen molar-refractivity contribution in [2.75, 3.05) is 19.5 Å². The molecular formula is C21H28ClN5O2. The zero-order valence-corrected chi connectivity index (χ0v) is 18.4. The van der Waals surface area contributed by atoms with E-state index in [1.165, 1.54) is 0 Å². The Bertz CT molecular complexity index is 989. The van der Waals surface area contributed by atoms with Gasteiger partial charge in [0.05, 0.1) is 30.8 Å². The van der Waals surface area contributed by atoms with Gasteiger partial charge >= 0.3 is 0 Å². The van der Waals surface area contributed by atoms with E-state index in [9.17, 15) is 0 Å². The number of ether oxygens (including phenoxy) is 2. The van der Waals surface area contributed by atoms with Gasteiger partial charge in [-0.1, -0.05) is 43.5 Å². The maximum atomic E-state index is 6.48. The molecular weight excluding hydrogens is 390 g/mol. The Morgan fingerprint density at radius 1 is 1.17 bits per heavy atom. The molecule has 0 radical (unpaired) electrons. The zero-order valence-electron chi connectivity index (χ0n) is 17.6. The number of hydrogen-bond donors (Lipinski definition) is 1. The largest absolute Gasteiger partial charge is 0.497 e. The van der Waals surface area contributed by atoms with Crippen LogP contribution in [-0.4, -0.2) is 34.2 Å². The molecule has 2 aromatic heterocycles. The van der Waals surface area contributed by atoms with Gasteiger partial charge in [0.2, 0.25) is 0 Å². The summed E-state index contributed by atoms with van der Waals surface area (Å²) in [4.78, 5) is 4.64. The van der Waals surface area contributed by atoms with Crippen LogP contribution >= 0.6 is 11.6 Å². The van der Waals surface area contributed by atoms with Crippen LogP contribution in [0.15, 0.2) is 18.2 Å². The highest BCUT2D eigenvalue weighted by Gasteiger charge is 2.19. The van der Waals surface area contributed by atoms with Crippen molar-refractivity contribution < 1.29 is 9.47 Å². The van der Waals surface area contributed by atoms with Crippen LogP contribution in [-0.2, 0) is 0 Å². The lowest BCUT2D eigenvalue weighted by Crippen LogP contribution is -2.10. The number of unbranched alkanes of at least 4 members (excludes halogenated alkanes) is 1. The van der Waals surface area contributed by atoms with Crippen LogP contribution in [0.3, 0.4) is 0 Å². The number of benzene rings is 1. The van der Waals surface area contributed by atoms with Gasteiger partial charge in [0, 0.05) is 17.8 Å². The summed E-state index contributed by atoms with van der Waals surface area (Å²) in [6.45, 7) is 6.35. The predicted molar refractivity (Wildman–Crippen MR) is 117 cm³/mol. The maximum Gasteiger partial charge on any atom is 0.160 e. The highest BCUT2D eigenvalue weighted by molar-refractivity contribution is 6.34. The molecule has 3 aromatic rings. The lowest BCUT2D eigenvalue weighted by atomic mass is 10.1. The molecule has 0 saturated carbocycles. The topological polar surface area (TPSA) is 74.1 Å². The van der Waals surface area contributed by atoms with Crippen LogP contribution in [0.2, 0.25) is 5.02 Å². The molecule has 0 aliphatic rings. The first-order chi connectivity index (χ1) is 14.0. The highest BCUT2D eigenvalue weighted by atomic mass is 35.5. The summed E-state index contributed by atoms with van der Waals surface area (Å²) in [5.41, 5.74) is 3.16. The van der Waals surface area contributed by atoms with E-state index in [-0.39, 0.29) is 0 Å². The van der Waals surface area contributed by atoms with Crippen LogP contribution in [0.5, 0.6) is 11.5 Å². The number of hydrogen-bond acceptors (Lipinski definition) is 6. The minimum atomic E-state index is 0.314. The number of rotatable bonds is 9. The standard InChI is InChI=1S/C21H28ClN5O2/c1-6-8-9-14(7-2)27-17-10-13(3)23-21(20(17)25-26-27)24-19-16(22)11-15(28-4)12-18(19)29-5/h10-12,14H,6-9H2,1-5H3,(H,23,24). The van der Waals surface area contributed by atoms with Crippen LogP contribution in [0.1, 0.15) is 51.3 Å². The molecule has 0 fully saturated rings. The normalized spacial score (nSPS) is 12.2. The average molecular weight is 418 g/mol. The molecule has 0 aliphatic heterocycles. The van der Waals surface area contributed by atoms with E-state index in [0.29, 0.717) is 39.6 Å². The van der Waals surface area contributed by atoms with Gasteiger partial charge in [-0.05, 0) is 25.8 Å². The van der Waals surface area contributed by atoms with Crippen LogP contribution in [0.25, 0.3) is 11.0 Å². The number of methoxy groups -OCH3 is 2. The van der Waals surface area contributed by atoms with Crippen molar-refractivity contribution in [1.29, 1.82) is 0 Å². The van der Waals surface area contributed by atoms with Gasteiger partial charge < -0.3 is 14.8 Å². The van der Waals surface area contributed by atoms with E-state index in [1.807, 2.05) is 17.7 Å². The summed E-state index contributed by atoms with van der Waals surface area (Å²) in [5.74, 6) is 1.78. The summed E-state index contributed by atoms with van der Waals surface area (Å²) >= 11 is 6.48. The minimum Gasteiger partial charge on any atom is -0.497 e. The number of halogens is 1. The van der Waals surface area contributed by atoms with E-state index in [2.05, 4.69) is 34.5 Å². The molecule has 29 heavy (non-hydrogen) atoms. The number of nitrogens with one attached hydrogen (secondary N) is 1. The van der Waals surface area contributed by atoms with Crippen LogP contribution < -0.4 is 14.8 Å². The Morgan fingerprint density at radius 3 is 2.62 bits per heavy atom. The van der Waals surface area contributed by atoms with Crippen molar-refractivity contribution in [3.05, 3.63) is 28.9 Å². The van der Waals surface area contributed by atoms with Gasteiger partial charge in [0.25, 0.3) is 0 Å². The molecule has 0 aliphatic carbocycles. The van der Waals surface area contributed by atoms with E-state index in [0.717, 1.165) is 36.9 Å². The smallest absolute Gasteiger partial charge is 0.160 e. The van der Waals surface area contributed by atoms with Gasteiger partial charge in [0.15, 0.2) is 11.3 Å². The van der Waals surface area contributed by atoms with E-state index < -0.39 is 0 Å². The predicted octanol–water partition coefficient (Wildman–Crippen LogP) is 5.69. The third-order valence-electron chi connectivity index (χ3n) is 5.02. The molecule has 1 atom stereocenters. The molecule has 1 unspecified atom stereocenters. The molecule has 2 heterocycles. The van der Waals surface area contributed by atoms with Crippen molar-refractivity contribution in [3.63, 3.8) is 0 Å². The first-order valence-corrected chi connectivity index (χ1v) is 10.3. The molecule has 8 heteroatoms. The fourth-order valence-corrected chi connectivity index (χ4v) is 3.68. The second-order valence-corrected chi connectivity index (χ2v) is 7.44. The number of pyridine rings is 1. The highest BCUT2D eigenvalue weighted by Crippen LogP contribution is 2.39. The third kappa shape index (κ3) is 4.40. The Balaban J connectivity index is 2.06. The van der Waals surface area contributed by atoms with Crippen molar-refractivity contribution in [1.82, 2.24) is 20.0 Å². The second kappa shape index (κ2) is 9.31. The molecule has 0 amide bonds. The van der Waals surface area contributed by atoms with Crippen LogP contribution in [0, 0.1) is 6.92 Å². The third-order valence-corrected chi connectivity index (χ3v) is 5.32. The quantitative estimate of drug-likeness (QED) is 0.482. The van der Waals surface area contributed by atoms with Gasteiger partial charge in [-0.25, -0.2) is 9.67 Å². The van der Waals surface area contributed by atoms with Gasteiger partial charge in [-0.3, -0.25) is 0 Å². The molecule has 156 valence electrons. The lowest BCUT2D eigenvalue weighted by Gasteiger charge is -2.16. The van der Waals surface area contributed by atoms with E-state index in [4.69, 9.17) is 21.1 Å². The summed E-state index contributed by atoms with van der Waals surface area (Å²) in [6, 6.07) is 5.85. The van der Waals surface area contributed by atoms with E-state index in [1.54, 1.807) is 26.4 Å². The number of aryl methyl sites for hydroxylation is 1. The molecule has 1 N–H and O–H groups in total. The number of fused-ring (bicyclic) bond motifs is 1. The SMILES string of the molecule is CCCCC(CC)n1nnc2c(Nc3c(Cl)cc(OC)cc3OC)nc(C)cc21. The number of anilines is 2. The molecule has 0 spiro atoms. The fraction of sp³-hybridized carbons (Fsp3) is 0.476. The second-order valence-electron chi connectivity index (χ2n) is 7.03. The minimum absolute atomic E-state index is 0.314. The molecule has 1 aromatic carbocycles. The maximum absolute atomic E-state index is 6.48. The summed E-state index contributed by atoms with van der Waals surface area (Å²) < 4.78 is 12.8. The summed E-state index contributed by atoms with van der Waals surface area (Å²) in [5, 5.41) is 12.7. The number of nitrogens with zero attached hydrogens (tertiary/aromatic N) is 4. The van der Waals surface area contributed by atoms with Gasteiger partial charge in [0.1, 0.15) is 17.2 Å². The summed E-state index contributed by atoms with van der Waals surface area (Å²) in [6.07, 6.45) is 4.40. The Kier molecular flexibility index (Phi) is 6.79. The monoisotopic (exact) mass is 417 g/mol. The fourth-order valence-electron chi connectivity index (χ4n) is 3.44. The average Bonchev–Trinajstić information content (AvgIpc) is 3.13. The first kappa shape index (κ1) is 21.2. The van der Waals surface area contributed by atoms with Crippen LogP contribution in [0.4, 0.5) is 11.5 Å². The Hall–Kier alpha value is -2.54. The van der Waals surface area contributed by atoms with Crippen molar-refractivity contribution in [2.24, 2.45) is 0 Å². The zero-order chi connectivity index (χ0) is 21.0. The van der Waals surface area contributed by atoms with Gasteiger partial charge in [-0.15, -0.1) is 5.10 Å². The Labute approximate surface area is 176 Å². The Morgan fingerprint density at radius 2 is 1.97 bits per heavy atom. The van der Waals surface area contributed by atoms with E-state index >= 15 is 0 Å². The van der Waals surface area contributed by atoms with Crippen molar-refractivity contribution in [2.45, 2.75) is 52.5 Å².